The van der Waals surface area contributed by atoms with Crippen molar-refractivity contribution in [1.82, 2.24) is 0 Å². The summed E-state index contributed by atoms with van der Waals surface area (Å²) in [7, 11) is 0. The minimum absolute atomic E-state index is 0.0400. The van der Waals surface area contributed by atoms with Crippen molar-refractivity contribution in [2.75, 3.05) is 0 Å². The minimum atomic E-state index is -0.726. The molecule has 4 heteroatoms. The molecule has 0 atom stereocenters. The topological polar surface area (TPSA) is 63.6 Å². The van der Waals surface area contributed by atoms with Crippen molar-refractivity contribution in [3.8, 4) is 11.5 Å². The van der Waals surface area contributed by atoms with Crippen LogP contribution in [0.25, 0.3) is 0 Å². The maximum atomic E-state index is 11.8. The number of esters is 1. The van der Waals surface area contributed by atoms with E-state index in [-0.39, 0.29) is 22.6 Å². The summed E-state index contributed by atoms with van der Waals surface area (Å²) in [5, 5.41) is 9.51. The molecule has 0 aliphatic heterocycles. The zero-order valence-corrected chi connectivity index (χ0v) is 9.29. The molecule has 1 radical (unpaired) electrons. The first-order valence-electron chi connectivity index (χ1n) is 5.19. The summed E-state index contributed by atoms with van der Waals surface area (Å²) in [4.78, 5) is 22.4. The fraction of sp³-hybridized carbons (Fsp3) is 0. The molecule has 0 heterocycles. The highest BCUT2D eigenvalue weighted by atomic mass is 16.5. The molecule has 0 unspecified atom stereocenters. The number of hydrogen-bond donors (Lipinski definition) is 1. The summed E-state index contributed by atoms with van der Waals surface area (Å²) in [5.41, 5.74) is 0.194. The molecule has 0 bridgehead atoms. The number of aromatic hydroxyl groups is 1. The van der Waals surface area contributed by atoms with Gasteiger partial charge in [0.05, 0.1) is 5.56 Å². The molecule has 0 aromatic heterocycles. The van der Waals surface area contributed by atoms with E-state index < -0.39 is 5.97 Å². The Bertz CT molecular complexity index is 590. The molecule has 0 saturated heterocycles. The van der Waals surface area contributed by atoms with Gasteiger partial charge in [-0.05, 0) is 24.3 Å². The first-order chi connectivity index (χ1) is 8.72. The van der Waals surface area contributed by atoms with Crippen molar-refractivity contribution in [3.63, 3.8) is 0 Å². The second-order valence-corrected chi connectivity index (χ2v) is 3.50. The second-order valence-electron chi connectivity index (χ2n) is 3.50. The average molecular weight is 241 g/mol. The fourth-order valence-electron chi connectivity index (χ4n) is 1.44. The Morgan fingerprint density at radius 2 is 1.72 bits per heavy atom. The van der Waals surface area contributed by atoms with Gasteiger partial charge in [0, 0.05) is 0 Å². The molecule has 0 saturated carbocycles. The van der Waals surface area contributed by atoms with Gasteiger partial charge in [-0.25, -0.2) is 4.79 Å². The maximum Gasteiger partial charge on any atom is 0.347 e. The van der Waals surface area contributed by atoms with Gasteiger partial charge in [0.1, 0.15) is 17.1 Å². The smallest absolute Gasteiger partial charge is 0.347 e. The van der Waals surface area contributed by atoms with Gasteiger partial charge in [-0.15, -0.1) is 0 Å². The van der Waals surface area contributed by atoms with E-state index in [9.17, 15) is 14.7 Å². The predicted octanol–water partition coefficient (Wildman–Crippen LogP) is 2.07. The molecule has 89 valence electrons. The highest BCUT2D eigenvalue weighted by molar-refractivity contribution is 5.95. The third-order valence-corrected chi connectivity index (χ3v) is 2.32. The average Bonchev–Trinajstić information content (AvgIpc) is 2.39. The summed E-state index contributed by atoms with van der Waals surface area (Å²) < 4.78 is 5.04. The Morgan fingerprint density at radius 3 is 2.44 bits per heavy atom. The molecule has 2 aromatic rings. The van der Waals surface area contributed by atoms with Gasteiger partial charge in [-0.1, -0.05) is 24.3 Å². The second kappa shape index (κ2) is 5.14. The summed E-state index contributed by atoms with van der Waals surface area (Å²) in [5.74, 6) is -0.786. The van der Waals surface area contributed by atoms with Crippen molar-refractivity contribution in [2.45, 2.75) is 0 Å². The van der Waals surface area contributed by atoms with Crippen LogP contribution in [0.5, 0.6) is 11.5 Å². The van der Waals surface area contributed by atoms with Crippen molar-refractivity contribution in [2.24, 2.45) is 0 Å². The maximum absolute atomic E-state index is 11.8. The Kier molecular flexibility index (Phi) is 3.38. The first kappa shape index (κ1) is 11.9. The van der Waals surface area contributed by atoms with Crippen LogP contribution < -0.4 is 4.74 Å². The first-order valence-corrected chi connectivity index (χ1v) is 5.19. The Hall–Kier alpha value is -2.62. The molecule has 4 nitrogen and oxygen atoms in total. The lowest BCUT2D eigenvalue weighted by Crippen LogP contribution is -2.09. The van der Waals surface area contributed by atoms with Crippen LogP contribution in [0.15, 0.2) is 48.5 Å². The Balaban J connectivity index is 2.27. The van der Waals surface area contributed by atoms with E-state index in [4.69, 9.17) is 4.74 Å². The molecule has 18 heavy (non-hydrogen) atoms. The number of carbonyl (C=O) groups is 1. The third-order valence-electron chi connectivity index (χ3n) is 2.32. The summed E-state index contributed by atoms with van der Waals surface area (Å²) in [6.07, 6.45) is 1.68. The normalized spacial score (nSPS) is 9.78. The largest absolute Gasteiger partial charge is 0.507 e. The van der Waals surface area contributed by atoms with E-state index in [1.807, 2.05) is 0 Å². The highest BCUT2D eigenvalue weighted by Gasteiger charge is 2.14. The lowest BCUT2D eigenvalue weighted by Gasteiger charge is -2.06. The van der Waals surface area contributed by atoms with E-state index in [0.717, 1.165) is 0 Å². The number of benzene rings is 2. The standard InChI is InChI=1S/C14H9O4/c15-9-10-5-1-4-8-13(10)18-14(17)11-6-2-3-7-12(11)16/h1-8,16H. The molecule has 1 N–H and O–H groups in total. The molecular weight excluding hydrogens is 232 g/mol. The van der Waals surface area contributed by atoms with Crippen molar-refractivity contribution in [3.05, 3.63) is 59.7 Å². The minimum Gasteiger partial charge on any atom is -0.507 e. The van der Waals surface area contributed by atoms with Gasteiger partial charge in [0.2, 0.25) is 6.29 Å². The number of ether oxygens (including phenoxy) is 1. The van der Waals surface area contributed by atoms with Gasteiger partial charge >= 0.3 is 5.97 Å². The van der Waals surface area contributed by atoms with E-state index in [1.54, 1.807) is 30.6 Å². The Morgan fingerprint density at radius 1 is 1.06 bits per heavy atom. The van der Waals surface area contributed by atoms with Crippen LogP contribution >= 0.6 is 0 Å². The van der Waals surface area contributed by atoms with Crippen LogP contribution in [-0.2, 0) is 4.79 Å². The lowest BCUT2D eigenvalue weighted by molar-refractivity contribution is 0.0731. The molecule has 2 aromatic carbocycles. The van der Waals surface area contributed by atoms with Crippen LogP contribution in [-0.4, -0.2) is 17.4 Å². The summed E-state index contributed by atoms with van der Waals surface area (Å²) in [6, 6.07) is 12.3. The molecule has 0 fully saturated rings. The van der Waals surface area contributed by atoms with Crippen LogP contribution in [0.2, 0.25) is 0 Å². The lowest BCUT2D eigenvalue weighted by atomic mass is 10.2. The van der Waals surface area contributed by atoms with Gasteiger partial charge in [0.25, 0.3) is 0 Å². The molecule has 0 amide bonds. The van der Waals surface area contributed by atoms with E-state index in [0.29, 0.717) is 0 Å². The zero-order valence-electron chi connectivity index (χ0n) is 9.29. The Labute approximate surface area is 103 Å². The molecule has 0 spiro atoms. The number of phenolic OH excluding ortho intramolecular Hbond substituents is 1. The fourth-order valence-corrected chi connectivity index (χ4v) is 1.44. The zero-order chi connectivity index (χ0) is 13.0. The quantitative estimate of drug-likeness (QED) is 0.660. The van der Waals surface area contributed by atoms with E-state index >= 15 is 0 Å². The number of phenols is 1. The monoisotopic (exact) mass is 241 g/mol. The predicted molar refractivity (Wildman–Crippen MR) is 64.3 cm³/mol. The molecule has 0 aliphatic rings. The van der Waals surface area contributed by atoms with E-state index in [1.165, 1.54) is 24.3 Å². The van der Waals surface area contributed by atoms with Crippen LogP contribution in [0.3, 0.4) is 0 Å². The van der Waals surface area contributed by atoms with Gasteiger partial charge < -0.3 is 9.84 Å². The highest BCUT2D eigenvalue weighted by Crippen LogP contribution is 2.21. The van der Waals surface area contributed by atoms with Gasteiger partial charge in [-0.3, -0.25) is 4.79 Å². The molecular formula is C14H9O4. The summed E-state index contributed by atoms with van der Waals surface area (Å²) >= 11 is 0. The number of para-hydroxylation sites is 2. The van der Waals surface area contributed by atoms with Crippen molar-refractivity contribution >= 4 is 12.3 Å². The number of carbonyl (C=O) groups excluding carboxylic acids is 2. The number of hydrogen-bond acceptors (Lipinski definition) is 4. The summed E-state index contributed by atoms with van der Waals surface area (Å²) in [6.45, 7) is 0. The molecule has 0 aliphatic carbocycles. The SMILES string of the molecule is O=[C]c1ccccc1OC(=O)c1ccccc1O. The van der Waals surface area contributed by atoms with Crippen LogP contribution in [0.4, 0.5) is 0 Å². The van der Waals surface area contributed by atoms with E-state index in [2.05, 4.69) is 0 Å². The van der Waals surface area contributed by atoms with Crippen LogP contribution in [0, 0.1) is 0 Å². The molecule has 2 rings (SSSR count). The van der Waals surface area contributed by atoms with Crippen LogP contribution in [0.1, 0.15) is 15.9 Å². The van der Waals surface area contributed by atoms with Crippen molar-refractivity contribution < 1.29 is 19.4 Å². The van der Waals surface area contributed by atoms with Gasteiger partial charge in [-0.2, -0.15) is 0 Å². The van der Waals surface area contributed by atoms with Gasteiger partial charge in [0.15, 0.2) is 0 Å². The van der Waals surface area contributed by atoms with Crippen molar-refractivity contribution in [1.29, 1.82) is 0 Å². The third kappa shape index (κ3) is 2.38. The number of rotatable bonds is 3.